The van der Waals surface area contributed by atoms with Gasteiger partial charge in [0.05, 0.1) is 12.2 Å². The van der Waals surface area contributed by atoms with E-state index in [-0.39, 0.29) is 12.2 Å². The van der Waals surface area contributed by atoms with Crippen LogP contribution in [0.15, 0.2) is 18.2 Å². The van der Waals surface area contributed by atoms with Gasteiger partial charge < -0.3 is 15.4 Å². The summed E-state index contributed by atoms with van der Waals surface area (Å²) >= 11 is 0. The van der Waals surface area contributed by atoms with Crippen LogP contribution in [0.5, 0.6) is 0 Å². The highest BCUT2D eigenvalue weighted by Crippen LogP contribution is 2.26. The van der Waals surface area contributed by atoms with E-state index in [0.717, 1.165) is 18.8 Å². The van der Waals surface area contributed by atoms with Crippen LogP contribution < -0.4 is 10.6 Å². The molecule has 0 amide bonds. The lowest BCUT2D eigenvalue weighted by Crippen LogP contribution is -2.45. The second-order valence-electron chi connectivity index (χ2n) is 4.71. The summed E-state index contributed by atoms with van der Waals surface area (Å²) in [7, 11) is 0. The first kappa shape index (κ1) is 11.3. The van der Waals surface area contributed by atoms with Crippen LogP contribution in [0.25, 0.3) is 0 Å². The van der Waals surface area contributed by atoms with Crippen molar-refractivity contribution in [2.24, 2.45) is 0 Å². The van der Waals surface area contributed by atoms with Crippen LogP contribution in [0.2, 0.25) is 0 Å². The zero-order valence-electron chi connectivity index (χ0n) is 10.2. The second-order valence-corrected chi connectivity index (χ2v) is 4.71. The highest BCUT2D eigenvalue weighted by Gasteiger charge is 2.23. The SMILES string of the molecule is Cc1ccc(N)cc1N1C[C@@H](C)O[C@@H](C)C1. The van der Waals surface area contributed by atoms with E-state index in [1.807, 2.05) is 6.07 Å². The molecule has 1 saturated heterocycles. The minimum atomic E-state index is 0.282. The quantitative estimate of drug-likeness (QED) is 0.737. The van der Waals surface area contributed by atoms with Crippen molar-refractivity contribution in [1.29, 1.82) is 0 Å². The molecular weight excluding hydrogens is 200 g/mol. The number of hydrogen-bond donors (Lipinski definition) is 1. The second kappa shape index (κ2) is 4.34. The predicted molar refractivity (Wildman–Crippen MR) is 67.8 cm³/mol. The number of benzene rings is 1. The number of morpholine rings is 1. The van der Waals surface area contributed by atoms with Crippen LogP contribution in [0.1, 0.15) is 19.4 Å². The van der Waals surface area contributed by atoms with Crippen molar-refractivity contribution >= 4 is 11.4 Å². The molecule has 0 unspecified atom stereocenters. The first-order chi connectivity index (χ1) is 7.56. The molecule has 1 aromatic rings. The Morgan fingerprint density at radius 2 is 1.88 bits per heavy atom. The highest BCUT2D eigenvalue weighted by atomic mass is 16.5. The van der Waals surface area contributed by atoms with Crippen molar-refractivity contribution in [3.8, 4) is 0 Å². The lowest BCUT2D eigenvalue weighted by molar-refractivity contribution is -0.00524. The Morgan fingerprint density at radius 3 is 2.50 bits per heavy atom. The van der Waals surface area contributed by atoms with Crippen molar-refractivity contribution in [2.45, 2.75) is 33.0 Å². The zero-order valence-corrected chi connectivity index (χ0v) is 10.2. The van der Waals surface area contributed by atoms with Gasteiger partial charge in [0.1, 0.15) is 0 Å². The zero-order chi connectivity index (χ0) is 11.7. The Bertz CT molecular complexity index is 368. The lowest BCUT2D eigenvalue weighted by atomic mass is 10.1. The molecule has 1 aliphatic rings. The fourth-order valence-electron chi connectivity index (χ4n) is 2.34. The minimum Gasteiger partial charge on any atom is -0.399 e. The molecular formula is C13H20N2O. The van der Waals surface area contributed by atoms with E-state index in [0.29, 0.717) is 0 Å². The van der Waals surface area contributed by atoms with Crippen LogP contribution in [-0.2, 0) is 4.74 Å². The molecule has 0 radical (unpaired) electrons. The third-order valence-electron chi connectivity index (χ3n) is 2.99. The van der Waals surface area contributed by atoms with Crippen LogP contribution in [0.4, 0.5) is 11.4 Å². The highest BCUT2D eigenvalue weighted by molar-refractivity contribution is 5.61. The molecule has 16 heavy (non-hydrogen) atoms. The number of nitrogens with two attached hydrogens (primary N) is 1. The predicted octanol–water partition coefficient (Wildman–Crippen LogP) is 2.19. The first-order valence-corrected chi connectivity index (χ1v) is 5.83. The molecule has 1 aromatic carbocycles. The van der Waals surface area contributed by atoms with E-state index in [1.165, 1.54) is 11.3 Å². The normalized spacial score (nSPS) is 25.8. The van der Waals surface area contributed by atoms with Crippen LogP contribution in [-0.4, -0.2) is 25.3 Å². The van der Waals surface area contributed by atoms with E-state index in [4.69, 9.17) is 10.5 Å². The molecule has 0 aliphatic carbocycles. The summed E-state index contributed by atoms with van der Waals surface area (Å²) in [6.07, 6.45) is 0.564. The summed E-state index contributed by atoms with van der Waals surface area (Å²) in [6.45, 7) is 8.23. The van der Waals surface area contributed by atoms with Crippen LogP contribution >= 0.6 is 0 Å². The van der Waals surface area contributed by atoms with Gasteiger partial charge in [0.25, 0.3) is 0 Å². The van der Waals surface area contributed by atoms with Crippen molar-refractivity contribution in [3.63, 3.8) is 0 Å². The first-order valence-electron chi connectivity index (χ1n) is 5.83. The smallest absolute Gasteiger partial charge is 0.0726 e. The third-order valence-corrected chi connectivity index (χ3v) is 2.99. The minimum absolute atomic E-state index is 0.282. The molecule has 0 spiro atoms. The molecule has 2 rings (SSSR count). The number of anilines is 2. The average molecular weight is 220 g/mol. The molecule has 0 saturated carbocycles. The number of aryl methyl sites for hydroxylation is 1. The number of hydrogen-bond acceptors (Lipinski definition) is 3. The fourth-order valence-corrected chi connectivity index (χ4v) is 2.34. The molecule has 3 heteroatoms. The van der Waals surface area contributed by atoms with E-state index in [1.54, 1.807) is 0 Å². The standard InChI is InChI=1S/C13H20N2O/c1-9-4-5-12(14)6-13(9)15-7-10(2)16-11(3)8-15/h4-6,10-11H,7-8,14H2,1-3H3/t10-,11+. The molecule has 88 valence electrons. The van der Waals surface area contributed by atoms with Gasteiger partial charge in [-0.2, -0.15) is 0 Å². The van der Waals surface area contributed by atoms with Crippen molar-refractivity contribution in [1.82, 2.24) is 0 Å². The Balaban J connectivity index is 2.25. The van der Waals surface area contributed by atoms with E-state index in [2.05, 4.69) is 37.8 Å². The maximum atomic E-state index is 5.85. The van der Waals surface area contributed by atoms with Crippen LogP contribution in [0.3, 0.4) is 0 Å². The van der Waals surface area contributed by atoms with E-state index in [9.17, 15) is 0 Å². The van der Waals surface area contributed by atoms with Gasteiger partial charge in [0.15, 0.2) is 0 Å². The molecule has 0 aromatic heterocycles. The maximum Gasteiger partial charge on any atom is 0.0726 e. The largest absolute Gasteiger partial charge is 0.399 e. The Labute approximate surface area is 97.2 Å². The van der Waals surface area contributed by atoms with E-state index >= 15 is 0 Å². The monoisotopic (exact) mass is 220 g/mol. The molecule has 0 bridgehead atoms. The Kier molecular flexibility index (Phi) is 3.06. The number of nitrogen functional groups attached to an aromatic ring is 1. The topological polar surface area (TPSA) is 38.5 Å². The summed E-state index contributed by atoms with van der Waals surface area (Å²) < 4.78 is 5.74. The number of nitrogens with zero attached hydrogens (tertiary/aromatic N) is 1. The van der Waals surface area contributed by atoms with Crippen molar-refractivity contribution in [2.75, 3.05) is 23.7 Å². The number of ether oxygens (including phenoxy) is 1. The summed E-state index contributed by atoms with van der Waals surface area (Å²) in [5, 5.41) is 0. The van der Waals surface area contributed by atoms with E-state index < -0.39 is 0 Å². The maximum absolute atomic E-state index is 5.85. The number of rotatable bonds is 1. The molecule has 1 fully saturated rings. The lowest BCUT2D eigenvalue weighted by Gasteiger charge is -2.37. The van der Waals surface area contributed by atoms with Gasteiger partial charge in [0, 0.05) is 24.5 Å². The van der Waals surface area contributed by atoms with Gasteiger partial charge in [-0.05, 0) is 38.5 Å². The van der Waals surface area contributed by atoms with Crippen molar-refractivity contribution < 1.29 is 4.74 Å². The average Bonchev–Trinajstić information content (AvgIpc) is 2.20. The fraction of sp³-hybridized carbons (Fsp3) is 0.538. The van der Waals surface area contributed by atoms with Gasteiger partial charge in [-0.15, -0.1) is 0 Å². The van der Waals surface area contributed by atoms with Crippen LogP contribution in [0, 0.1) is 6.92 Å². The molecule has 2 atom stereocenters. The van der Waals surface area contributed by atoms with Gasteiger partial charge in [-0.1, -0.05) is 6.07 Å². The summed E-state index contributed by atoms with van der Waals surface area (Å²) in [4.78, 5) is 2.37. The van der Waals surface area contributed by atoms with Gasteiger partial charge in [-0.25, -0.2) is 0 Å². The summed E-state index contributed by atoms with van der Waals surface area (Å²) in [5.74, 6) is 0. The molecule has 3 nitrogen and oxygen atoms in total. The Morgan fingerprint density at radius 1 is 1.25 bits per heavy atom. The van der Waals surface area contributed by atoms with Gasteiger partial charge in [-0.3, -0.25) is 0 Å². The molecule has 2 N–H and O–H groups in total. The molecule has 1 aliphatic heterocycles. The van der Waals surface area contributed by atoms with Crippen molar-refractivity contribution in [3.05, 3.63) is 23.8 Å². The summed E-state index contributed by atoms with van der Waals surface area (Å²) in [6, 6.07) is 6.09. The third kappa shape index (κ3) is 2.30. The molecule has 1 heterocycles. The Hall–Kier alpha value is -1.22. The van der Waals surface area contributed by atoms with Gasteiger partial charge >= 0.3 is 0 Å². The summed E-state index contributed by atoms with van der Waals surface area (Å²) in [5.41, 5.74) is 9.18. The van der Waals surface area contributed by atoms with Gasteiger partial charge in [0.2, 0.25) is 0 Å².